The standard InChI is InChI=1S/C30H24Cl2F3N3O5/c1-4-15-5-10-20-27(40)38(37-26-21(32)11-17(14-36-26)30(33,34)35)28(41)29(20,16-6-8-18(31)9-7-16)25(15)24-22(39)12-19(42-2)13-23(24)43-3/h4-9,11-14,20,25,39H,1,10H2,2-3H3,(H,36,37). The molecule has 0 saturated carbocycles. The number of carbonyl (C=O) groups excluding carboxylic acids is 2. The zero-order valence-electron chi connectivity index (χ0n) is 22.7. The molecule has 2 N–H and O–H groups in total. The quantitative estimate of drug-likeness (QED) is 0.280. The van der Waals surface area contributed by atoms with Gasteiger partial charge in [0.25, 0.3) is 11.8 Å². The van der Waals surface area contributed by atoms with E-state index in [4.69, 9.17) is 32.7 Å². The number of amides is 2. The average molecular weight is 634 g/mol. The van der Waals surface area contributed by atoms with Crippen molar-refractivity contribution in [2.24, 2.45) is 5.92 Å². The summed E-state index contributed by atoms with van der Waals surface area (Å²) in [5, 5.41) is 11.9. The number of benzene rings is 2. The van der Waals surface area contributed by atoms with Gasteiger partial charge in [-0.1, -0.05) is 54.1 Å². The van der Waals surface area contributed by atoms with Crippen molar-refractivity contribution in [2.45, 2.75) is 23.9 Å². The molecule has 224 valence electrons. The van der Waals surface area contributed by atoms with Crippen LogP contribution < -0.4 is 14.9 Å². The highest BCUT2D eigenvalue weighted by atomic mass is 35.5. The number of nitrogens with zero attached hydrogens (tertiary/aromatic N) is 2. The third-order valence-electron chi connectivity index (χ3n) is 7.78. The first-order valence-corrected chi connectivity index (χ1v) is 13.5. The number of alkyl halides is 3. The molecule has 0 radical (unpaired) electrons. The van der Waals surface area contributed by atoms with Gasteiger partial charge in [0.15, 0.2) is 5.82 Å². The molecule has 43 heavy (non-hydrogen) atoms. The van der Waals surface area contributed by atoms with Crippen LogP contribution in [0.25, 0.3) is 0 Å². The fourth-order valence-corrected chi connectivity index (χ4v) is 6.23. The van der Waals surface area contributed by atoms with Gasteiger partial charge in [0.05, 0.1) is 36.1 Å². The van der Waals surface area contributed by atoms with E-state index in [1.165, 1.54) is 32.4 Å². The molecule has 2 aromatic carbocycles. The number of pyridine rings is 1. The number of ether oxygens (including phenoxy) is 2. The predicted molar refractivity (Wildman–Crippen MR) is 153 cm³/mol. The smallest absolute Gasteiger partial charge is 0.417 e. The fraction of sp³-hybridized carbons (Fsp3) is 0.233. The number of halogens is 5. The second-order valence-electron chi connectivity index (χ2n) is 9.91. The summed E-state index contributed by atoms with van der Waals surface area (Å²) < 4.78 is 50.6. The second kappa shape index (κ2) is 11.1. The molecule has 1 saturated heterocycles. The monoisotopic (exact) mass is 633 g/mol. The number of fused-ring (bicyclic) bond motifs is 1. The van der Waals surface area contributed by atoms with Crippen LogP contribution in [0.3, 0.4) is 0 Å². The Morgan fingerprint density at radius 2 is 1.84 bits per heavy atom. The lowest BCUT2D eigenvalue weighted by Gasteiger charge is -2.43. The maximum absolute atomic E-state index is 14.7. The minimum absolute atomic E-state index is 0.0939. The number of imide groups is 1. The van der Waals surface area contributed by atoms with E-state index in [0.29, 0.717) is 33.4 Å². The minimum atomic E-state index is -4.71. The van der Waals surface area contributed by atoms with E-state index >= 15 is 0 Å². The molecule has 2 aliphatic rings. The van der Waals surface area contributed by atoms with Crippen molar-refractivity contribution in [2.75, 3.05) is 19.6 Å². The van der Waals surface area contributed by atoms with Crippen molar-refractivity contribution in [1.82, 2.24) is 9.99 Å². The van der Waals surface area contributed by atoms with Gasteiger partial charge in [0, 0.05) is 34.8 Å². The molecule has 3 unspecified atom stereocenters. The van der Waals surface area contributed by atoms with Crippen LogP contribution in [0, 0.1) is 5.92 Å². The first kappa shape index (κ1) is 30.2. The third kappa shape index (κ3) is 4.86. The van der Waals surface area contributed by atoms with Crippen LogP contribution in [-0.2, 0) is 21.2 Å². The summed E-state index contributed by atoms with van der Waals surface area (Å²) in [5.41, 5.74) is 0.864. The molecule has 3 atom stereocenters. The maximum Gasteiger partial charge on any atom is 0.417 e. The molecule has 2 heterocycles. The lowest BCUT2D eigenvalue weighted by molar-refractivity contribution is -0.139. The molecule has 1 aliphatic carbocycles. The van der Waals surface area contributed by atoms with Gasteiger partial charge in [-0.05, 0) is 35.8 Å². The molecule has 5 rings (SSSR count). The van der Waals surface area contributed by atoms with E-state index in [1.807, 2.05) is 0 Å². The molecule has 1 aliphatic heterocycles. The summed E-state index contributed by atoms with van der Waals surface area (Å²) in [6.45, 7) is 3.92. The van der Waals surface area contributed by atoms with E-state index in [0.717, 1.165) is 0 Å². The second-order valence-corrected chi connectivity index (χ2v) is 10.8. The number of nitrogens with one attached hydrogen (secondary N) is 1. The number of aromatic hydroxyl groups is 1. The molecule has 1 fully saturated rings. The number of phenolic OH excluding ortho intramolecular Hbond substituents is 1. The number of aromatic nitrogens is 1. The van der Waals surface area contributed by atoms with E-state index in [1.54, 1.807) is 30.3 Å². The third-order valence-corrected chi connectivity index (χ3v) is 8.32. The van der Waals surface area contributed by atoms with Gasteiger partial charge in [-0.2, -0.15) is 18.2 Å². The van der Waals surface area contributed by atoms with Crippen LogP contribution in [0.4, 0.5) is 19.0 Å². The van der Waals surface area contributed by atoms with Gasteiger partial charge in [-0.25, -0.2) is 4.98 Å². The molecular formula is C30H24Cl2F3N3O5. The van der Waals surface area contributed by atoms with Crippen LogP contribution in [0.5, 0.6) is 17.2 Å². The summed E-state index contributed by atoms with van der Waals surface area (Å²) >= 11 is 12.3. The number of phenols is 1. The summed E-state index contributed by atoms with van der Waals surface area (Å²) in [6, 6.07) is 9.90. The Morgan fingerprint density at radius 1 is 1.14 bits per heavy atom. The predicted octanol–water partition coefficient (Wildman–Crippen LogP) is 6.68. The average Bonchev–Trinajstić information content (AvgIpc) is 3.19. The van der Waals surface area contributed by atoms with E-state index in [-0.39, 0.29) is 35.1 Å². The fourth-order valence-electron chi connectivity index (χ4n) is 5.89. The number of allylic oxidation sites excluding steroid dienone is 3. The highest BCUT2D eigenvalue weighted by Crippen LogP contribution is 2.60. The lowest BCUT2D eigenvalue weighted by Crippen LogP contribution is -2.48. The van der Waals surface area contributed by atoms with Gasteiger partial charge in [0.1, 0.15) is 17.2 Å². The number of hydrogen-bond donors (Lipinski definition) is 2. The number of methoxy groups -OCH3 is 2. The van der Waals surface area contributed by atoms with Gasteiger partial charge in [0.2, 0.25) is 0 Å². The zero-order valence-corrected chi connectivity index (χ0v) is 24.2. The minimum Gasteiger partial charge on any atom is -0.507 e. The summed E-state index contributed by atoms with van der Waals surface area (Å²) in [5.74, 6) is -3.64. The topological polar surface area (TPSA) is 101 Å². The molecule has 0 bridgehead atoms. The molecule has 1 aromatic heterocycles. The summed E-state index contributed by atoms with van der Waals surface area (Å²) in [6.07, 6.45) is -0.790. The van der Waals surface area contributed by atoms with Crippen molar-refractivity contribution in [3.05, 3.63) is 99.7 Å². The molecule has 13 heteroatoms. The number of carbonyl (C=O) groups is 2. The Bertz CT molecular complexity index is 1660. The highest BCUT2D eigenvalue weighted by Gasteiger charge is 2.66. The van der Waals surface area contributed by atoms with Gasteiger partial charge in [-0.3, -0.25) is 15.0 Å². The van der Waals surface area contributed by atoms with Crippen LogP contribution in [0.2, 0.25) is 10.0 Å². The van der Waals surface area contributed by atoms with Crippen molar-refractivity contribution in [1.29, 1.82) is 0 Å². The van der Waals surface area contributed by atoms with Crippen molar-refractivity contribution in [3.8, 4) is 17.2 Å². The number of hydrogen-bond acceptors (Lipinski definition) is 7. The van der Waals surface area contributed by atoms with Crippen LogP contribution in [0.15, 0.2) is 73.0 Å². The van der Waals surface area contributed by atoms with Crippen molar-refractivity contribution in [3.63, 3.8) is 0 Å². The van der Waals surface area contributed by atoms with E-state index in [9.17, 15) is 27.9 Å². The molecule has 3 aromatic rings. The first-order valence-electron chi connectivity index (χ1n) is 12.8. The van der Waals surface area contributed by atoms with Crippen LogP contribution >= 0.6 is 23.2 Å². The Morgan fingerprint density at radius 3 is 2.42 bits per heavy atom. The Balaban J connectivity index is 1.74. The molecule has 0 spiro atoms. The van der Waals surface area contributed by atoms with Crippen LogP contribution in [0.1, 0.15) is 29.0 Å². The van der Waals surface area contributed by atoms with Crippen molar-refractivity contribution >= 4 is 40.8 Å². The first-order chi connectivity index (χ1) is 20.4. The largest absolute Gasteiger partial charge is 0.507 e. The Kier molecular flexibility index (Phi) is 7.82. The van der Waals surface area contributed by atoms with E-state index < -0.39 is 45.8 Å². The van der Waals surface area contributed by atoms with E-state index in [2.05, 4.69) is 17.0 Å². The maximum atomic E-state index is 14.7. The highest BCUT2D eigenvalue weighted by molar-refractivity contribution is 6.33. The zero-order chi connectivity index (χ0) is 31.3. The number of hydrazine groups is 1. The summed E-state index contributed by atoms with van der Waals surface area (Å²) in [4.78, 5) is 32.5. The SMILES string of the molecule is C=CC1=CCC2C(=O)N(Nc3ncc(C(F)(F)F)cc3Cl)C(=O)C2(c2ccc(Cl)cc2)C1c1c(O)cc(OC)cc1OC. The lowest BCUT2D eigenvalue weighted by atomic mass is 9.55. The number of anilines is 1. The van der Waals surface area contributed by atoms with Crippen LogP contribution in [-0.4, -0.2) is 41.1 Å². The van der Waals surface area contributed by atoms with Gasteiger partial charge < -0.3 is 14.6 Å². The summed E-state index contributed by atoms with van der Waals surface area (Å²) in [7, 11) is 2.80. The van der Waals surface area contributed by atoms with Gasteiger partial charge >= 0.3 is 6.18 Å². The van der Waals surface area contributed by atoms with Gasteiger partial charge in [-0.15, -0.1) is 0 Å². The Hall–Kier alpha value is -4.22. The normalized spacial score (nSPS) is 21.7. The van der Waals surface area contributed by atoms with Crippen molar-refractivity contribution < 1.29 is 37.3 Å². The number of rotatable bonds is 7. The Labute approximate surface area is 254 Å². The molecule has 2 amide bonds. The molecule has 8 nitrogen and oxygen atoms in total. The molecular weight excluding hydrogens is 610 g/mol.